The van der Waals surface area contributed by atoms with Crippen molar-refractivity contribution < 1.29 is 0 Å². The average Bonchev–Trinajstić information content (AvgIpc) is 3.00. The summed E-state index contributed by atoms with van der Waals surface area (Å²) in [5.74, 6) is 1.13. The van der Waals surface area contributed by atoms with Crippen LogP contribution in [0.4, 0.5) is 5.69 Å². The van der Waals surface area contributed by atoms with Crippen LogP contribution in [0.15, 0.2) is 23.2 Å². The Morgan fingerprint density at radius 3 is 2.95 bits per heavy atom. The normalized spacial score (nSPS) is 18.2. The number of anilines is 1. The summed E-state index contributed by atoms with van der Waals surface area (Å²) in [6.07, 6.45) is 5.32. The molecule has 0 radical (unpaired) electrons. The Labute approximate surface area is 136 Å². The Bertz CT molecular complexity index is 512. The number of nitrogens with one attached hydrogen (secondary N) is 1. The maximum Gasteiger partial charge on any atom is 0.161 e. The van der Waals surface area contributed by atoms with Gasteiger partial charge in [-0.2, -0.15) is 0 Å². The van der Waals surface area contributed by atoms with Gasteiger partial charge in [-0.05, 0) is 63.0 Å². The largest absolute Gasteiger partial charge is 0.335 e. The molecule has 0 atom stereocenters. The average molecular weight is 324 g/mol. The molecule has 1 fully saturated rings. The molecule has 21 heavy (non-hydrogen) atoms. The van der Waals surface area contributed by atoms with Crippen LogP contribution >= 0.6 is 23.4 Å². The van der Waals surface area contributed by atoms with E-state index in [1.54, 1.807) is 0 Å². The molecule has 2 aliphatic rings. The number of hydrogen-bond donors (Lipinski definition) is 1. The van der Waals surface area contributed by atoms with E-state index in [9.17, 15) is 0 Å². The van der Waals surface area contributed by atoms with Crippen molar-refractivity contribution in [3.8, 4) is 0 Å². The molecule has 0 saturated carbocycles. The van der Waals surface area contributed by atoms with Crippen molar-refractivity contribution in [3.05, 3.63) is 28.8 Å². The minimum Gasteiger partial charge on any atom is -0.335 e. The maximum absolute atomic E-state index is 6.04. The number of rotatable bonds is 5. The van der Waals surface area contributed by atoms with Crippen LogP contribution in [0.2, 0.25) is 5.02 Å². The third-order valence-electron chi connectivity index (χ3n) is 4.01. The first-order chi connectivity index (χ1) is 10.3. The smallest absolute Gasteiger partial charge is 0.161 e. The molecule has 0 amide bonds. The van der Waals surface area contributed by atoms with E-state index in [1.807, 2.05) is 30.0 Å². The molecule has 114 valence electrons. The maximum atomic E-state index is 6.04. The van der Waals surface area contributed by atoms with Crippen molar-refractivity contribution >= 4 is 34.2 Å². The highest BCUT2D eigenvalue weighted by molar-refractivity contribution is 8.14. The van der Waals surface area contributed by atoms with Gasteiger partial charge in [-0.3, -0.25) is 4.99 Å². The number of unbranched alkanes of at least 4 members (excludes halogenated alkanes) is 1. The monoisotopic (exact) mass is 323 g/mol. The van der Waals surface area contributed by atoms with E-state index in [0.717, 1.165) is 28.2 Å². The van der Waals surface area contributed by atoms with Gasteiger partial charge in [0, 0.05) is 16.5 Å². The first kappa shape index (κ1) is 15.2. The molecule has 1 saturated heterocycles. The molecule has 0 unspecified atom stereocenters. The zero-order valence-electron chi connectivity index (χ0n) is 12.3. The van der Waals surface area contributed by atoms with E-state index in [-0.39, 0.29) is 0 Å². The SMILES string of the molecule is Clc1ccc2c(c1)NC(SCCCCN1CCCC1)=NC2. The summed E-state index contributed by atoms with van der Waals surface area (Å²) < 4.78 is 0. The van der Waals surface area contributed by atoms with Gasteiger partial charge < -0.3 is 10.2 Å². The number of likely N-dealkylation sites (tertiary alicyclic amines) is 1. The van der Waals surface area contributed by atoms with Crippen LogP contribution in [0.25, 0.3) is 0 Å². The Morgan fingerprint density at radius 2 is 2.10 bits per heavy atom. The number of benzene rings is 1. The molecule has 1 aromatic rings. The summed E-state index contributed by atoms with van der Waals surface area (Å²) in [6.45, 7) is 4.63. The summed E-state index contributed by atoms with van der Waals surface area (Å²) in [5, 5.41) is 5.20. The molecule has 2 aliphatic heterocycles. The van der Waals surface area contributed by atoms with Crippen LogP contribution in [0, 0.1) is 0 Å². The van der Waals surface area contributed by atoms with Gasteiger partial charge in [-0.15, -0.1) is 0 Å². The molecule has 1 aromatic carbocycles. The molecule has 0 spiro atoms. The molecular formula is C16H22ClN3S. The van der Waals surface area contributed by atoms with Crippen molar-refractivity contribution in [1.82, 2.24) is 4.90 Å². The fourth-order valence-electron chi connectivity index (χ4n) is 2.81. The van der Waals surface area contributed by atoms with Gasteiger partial charge in [-0.1, -0.05) is 29.4 Å². The number of hydrogen-bond acceptors (Lipinski definition) is 4. The van der Waals surface area contributed by atoms with Crippen molar-refractivity contribution in [3.63, 3.8) is 0 Å². The first-order valence-electron chi connectivity index (χ1n) is 7.76. The van der Waals surface area contributed by atoms with Crippen LogP contribution in [-0.2, 0) is 6.54 Å². The van der Waals surface area contributed by atoms with E-state index < -0.39 is 0 Å². The Balaban J connectivity index is 1.37. The first-order valence-corrected chi connectivity index (χ1v) is 9.13. The van der Waals surface area contributed by atoms with E-state index in [1.165, 1.54) is 50.9 Å². The number of amidine groups is 1. The minimum atomic E-state index is 0.760. The highest BCUT2D eigenvalue weighted by atomic mass is 35.5. The second kappa shape index (κ2) is 7.52. The lowest BCUT2D eigenvalue weighted by Crippen LogP contribution is -2.20. The molecule has 3 nitrogen and oxygen atoms in total. The molecular weight excluding hydrogens is 302 g/mol. The van der Waals surface area contributed by atoms with E-state index in [0.29, 0.717) is 0 Å². The summed E-state index contributed by atoms with van der Waals surface area (Å²) in [7, 11) is 0. The highest BCUT2D eigenvalue weighted by Crippen LogP contribution is 2.26. The topological polar surface area (TPSA) is 27.6 Å². The van der Waals surface area contributed by atoms with E-state index in [2.05, 4.69) is 15.2 Å². The van der Waals surface area contributed by atoms with E-state index >= 15 is 0 Å². The summed E-state index contributed by atoms with van der Waals surface area (Å²) in [6, 6.07) is 5.96. The van der Waals surface area contributed by atoms with Gasteiger partial charge >= 0.3 is 0 Å². The Hall–Kier alpha value is -0.710. The van der Waals surface area contributed by atoms with Crippen LogP contribution < -0.4 is 5.32 Å². The zero-order valence-corrected chi connectivity index (χ0v) is 13.8. The van der Waals surface area contributed by atoms with Crippen molar-refractivity contribution in [2.24, 2.45) is 4.99 Å². The number of aliphatic imine (C=N–C) groups is 1. The number of halogens is 1. The quantitative estimate of drug-likeness (QED) is 0.822. The fourth-order valence-corrected chi connectivity index (χ4v) is 3.86. The lowest BCUT2D eigenvalue weighted by Gasteiger charge is -2.18. The summed E-state index contributed by atoms with van der Waals surface area (Å²) >= 11 is 7.87. The predicted octanol–water partition coefficient (Wildman–Crippen LogP) is 4.23. The molecule has 3 rings (SSSR count). The number of thioether (sulfide) groups is 1. The van der Waals surface area contributed by atoms with Crippen LogP contribution in [0.1, 0.15) is 31.2 Å². The molecule has 5 heteroatoms. The lowest BCUT2D eigenvalue weighted by atomic mass is 10.1. The van der Waals surface area contributed by atoms with Crippen LogP contribution in [-0.4, -0.2) is 35.5 Å². The molecule has 2 heterocycles. The second-order valence-electron chi connectivity index (χ2n) is 5.65. The summed E-state index contributed by atoms with van der Waals surface area (Å²) in [4.78, 5) is 7.17. The van der Waals surface area contributed by atoms with Gasteiger partial charge in [0.05, 0.1) is 6.54 Å². The van der Waals surface area contributed by atoms with Gasteiger partial charge in [-0.25, -0.2) is 0 Å². The Kier molecular flexibility index (Phi) is 5.44. The molecule has 1 N–H and O–H groups in total. The molecule has 0 aromatic heterocycles. The zero-order chi connectivity index (χ0) is 14.5. The third-order valence-corrected chi connectivity index (χ3v) is 5.25. The number of nitrogens with zero attached hydrogens (tertiary/aromatic N) is 2. The van der Waals surface area contributed by atoms with Gasteiger partial charge in [0.1, 0.15) is 0 Å². The second-order valence-corrected chi connectivity index (χ2v) is 7.17. The predicted molar refractivity (Wildman–Crippen MR) is 93.6 cm³/mol. The fraction of sp³-hybridized carbons (Fsp3) is 0.562. The van der Waals surface area contributed by atoms with Crippen molar-refractivity contribution in [1.29, 1.82) is 0 Å². The van der Waals surface area contributed by atoms with Crippen LogP contribution in [0.5, 0.6) is 0 Å². The van der Waals surface area contributed by atoms with Crippen LogP contribution in [0.3, 0.4) is 0 Å². The minimum absolute atomic E-state index is 0.760. The van der Waals surface area contributed by atoms with Crippen molar-refractivity contribution in [2.45, 2.75) is 32.2 Å². The Morgan fingerprint density at radius 1 is 1.24 bits per heavy atom. The van der Waals surface area contributed by atoms with E-state index in [4.69, 9.17) is 11.6 Å². The van der Waals surface area contributed by atoms with Gasteiger partial charge in [0.2, 0.25) is 0 Å². The van der Waals surface area contributed by atoms with Gasteiger partial charge in [0.15, 0.2) is 5.17 Å². The standard InChI is InChI=1S/C16H22ClN3S/c17-14-6-5-13-12-18-16(19-15(13)11-14)21-10-4-3-9-20-7-1-2-8-20/h5-6,11H,1-4,7-10,12H2,(H,18,19). The molecule has 0 bridgehead atoms. The van der Waals surface area contributed by atoms with Gasteiger partial charge in [0.25, 0.3) is 0 Å². The highest BCUT2D eigenvalue weighted by Gasteiger charge is 2.13. The molecule has 0 aliphatic carbocycles. The third kappa shape index (κ3) is 4.38. The number of fused-ring (bicyclic) bond motifs is 1. The lowest BCUT2D eigenvalue weighted by molar-refractivity contribution is 0.333. The summed E-state index contributed by atoms with van der Waals surface area (Å²) in [5.41, 5.74) is 2.33. The van der Waals surface area contributed by atoms with Crippen molar-refractivity contribution in [2.75, 3.05) is 30.7 Å².